The van der Waals surface area contributed by atoms with Gasteiger partial charge in [-0.1, -0.05) is 11.6 Å². The van der Waals surface area contributed by atoms with Gasteiger partial charge in [0.1, 0.15) is 0 Å². The Morgan fingerprint density at radius 1 is 1.38 bits per heavy atom. The van der Waals surface area contributed by atoms with Gasteiger partial charge in [-0.25, -0.2) is 9.37 Å². The highest BCUT2D eigenvalue weighted by Crippen LogP contribution is 2.41. The first-order chi connectivity index (χ1) is 15.4. The number of imidazole rings is 1. The number of carbonyl (C=O) groups excluding carboxylic acids is 1. The largest absolute Gasteiger partial charge is 0.379 e. The fraction of sp³-hybridized carbons (Fsp3) is 0.333. The molecule has 1 aliphatic carbocycles. The zero-order valence-electron chi connectivity index (χ0n) is 17.3. The predicted molar refractivity (Wildman–Crippen MR) is 123 cm³/mol. The summed E-state index contributed by atoms with van der Waals surface area (Å²) in [5.74, 6) is 0.375. The fourth-order valence-electron chi connectivity index (χ4n) is 3.84. The molecule has 5 rings (SSSR count). The van der Waals surface area contributed by atoms with E-state index in [0.717, 1.165) is 6.42 Å². The third kappa shape index (κ3) is 3.55. The minimum atomic E-state index is -0.578. The number of nitrogens with zero attached hydrogens (tertiary/aromatic N) is 4. The smallest absolute Gasteiger partial charge is 0.229 e. The summed E-state index contributed by atoms with van der Waals surface area (Å²) < 4.78 is 16.9. The molecule has 1 fully saturated rings. The monoisotopic (exact) mass is 475 g/mol. The van der Waals surface area contributed by atoms with Gasteiger partial charge in [0.15, 0.2) is 17.3 Å². The second kappa shape index (κ2) is 7.90. The van der Waals surface area contributed by atoms with Crippen molar-refractivity contribution in [2.24, 2.45) is 11.8 Å². The second-order valence-electron chi connectivity index (χ2n) is 8.25. The van der Waals surface area contributed by atoms with Gasteiger partial charge >= 0.3 is 0 Å². The van der Waals surface area contributed by atoms with Gasteiger partial charge in [-0.2, -0.15) is 5.10 Å². The van der Waals surface area contributed by atoms with Crippen LogP contribution in [-0.2, 0) is 4.79 Å². The van der Waals surface area contributed by atoms with Crippen LogP contribution in [0.3, 0.4) is 0 Å². The molecule has 0 aliphatic heterocycles. The number of halogens is 3. The van der Waals surface area contributed by atoms with E-state index in [1.165, 1.54) is 0 Å². The molecule has 8 nitrogen and oxygen atoms in total. The molecular formula is C21H20Cl2FN7O. The maximum atomic E-state index is 15.2. The molecule has 0 spiro atoms. The summed E-state index contributed by atoms with van der Waals surface area (Å²) in [6.07, 6.45) is 7.31. The van der Waals surface area contributed by atoms with E-state index in [9.17, 15) is 4.79 Å². The number of benzene rings is 1. The summed E-state index contributed by atoms with van der Waals surface area (Å²) in [5, 5.41) is 13.4. The van der Waals surface area contributed by atoms with Crippen molar-refractivity contribution in [3.8, 4) is 11.3 Å². The van der Waals surface area contributed by atoms with Gasteiger partial charge in [-0.15, -0.1) is 11.6 Å². The van der Waals surface area contributed by atoms with E-state index < -0.39 is 5.82 Å². The predicted octanol–water partition coefficient (Wildman–Crippen LogP) is 4.70. The van der Waals surface area contributed by atoms with Crippen LogP contribution in [0.25, 0.3) is 27.8 Å². The third-order valence-corrected chi connectivity index (χ3v) is 6.28. The van der Waals surface area contributed by atoms with Gasteiger partial charge < -0.3 is 15.0 Å². The second-order valence-corrected chi connectivity index (χ2v) is 8.93. The summed E-state index contributed by atoms with van der Waals surface area (Å²) in [5.41, 5.74) is 2.18. The van der Waals surface area contributed by atoms with Crippen molar-refractivity contribution in [3.63, 3.8) is 0 Å². The van der Waals surface area contributed by atoms with Gasteiger partial charge in [0, 0.05) is 35.0 Å². The number of hydrogen-bond acceptors (Lipinski definition) is 5. The zero-order valence-corrected chi connectivity index (χ0v) is 18.8. The SMILES string of the molecule is CC(C)Nc1c(F)c(Cl)c(-c2cn3cc(NC(=O)C4CC4CCl)nc3cn2)c2cn[nH]c12. The Balaban J connectivity index is 1.53. The van der Waals surface area contributed by atoms with Crippen molar-refractivity contribution in [2.45, 2.75) is 26.3 Å². The molecule has 4 aromatic rings. The van der Waals surface area contributed by atoms with E-state index in [-0.39, 0.29) is 34.5 Å². The summed E-state index contributed by atoms with van der Waals surface area (Å²) in [6.45, 7) is 3.82. The molecule has 0 saturated heterocycles. The van der Waals surface area contributed by atoms with Crippen LogP contribution >= 0.6 is 23.2 Å². The van der Waals surface area contributed by atoms with E-state index in [1.807, 2.05) is 13.8 Å². The summed E-state index contributed by atoms with van der Waals surface area (Å²) in [7, 11) is 0. The maximum Gasteiger partial charge on any atom is 0.229 e. The minimum Gasteiger partial charge on any atom is -0.379 e. The molecule has 2 atom stereocenters. The standard InChI is InChI=1S/C21H20Cl2FN7O/c1-9(2)27-20-18(24)17(23)16(12-5-26-30-19(12)20)13-7-31-8-14(28-15(31)6-25-13)29-21(32)11-3-10(11)4-22/h5-11,27H,3-4H2,1-2H3,(H,26,30)(H,29,32). The van der Waals surface area contributed by atoms with Crippen LogP contribution in [0, 0.1) is 17.7 Å². The van der Waals surface area contributed by atoms with Crippen LogP contribution in [0.5, 0.6) is 0 Å². The highest BCUT2D eigenvalue weighted by atomic mass is 35.5. The van der Waals surface area contributed by atoms with Crippen molar-refractivity contribution >= 4 is 57.2 Å². The Morgan fingerprint density at radius 3 is 2.91 bits per heavy atom. The van der Waals surface area contributed by atoms with Crippen LogP contribution in [0.2, 0.25) is 5.02 Å². The van der Waals surface area contributed by atoms with Gasteiger partial charge in [0.2, 0.25) is 5.91 Å². The number of carbonyl (C=O) groups is 1. The first kappa shape index (κ1) is 21.0. The van der Waals surface area contributed by atoms with Gasteiger partial charge in [-0.3, -0.25) is 14.9 Å². The lowest BCUT2D eigenvalue weighted by molar-refractivity contribution is -0.117. The molecular weight excluding hydrogens is 456 g/mol. The average Bonchev–Trinajstić information content (AvgIpc) is 3.22. The van der Waals surface area contributed by atoms with E-state index >= 15 is 4.39 Å². The molecule has 1 aliphatic rings. The summed E-state index contributed by atoms with van der Waals surface area (Å²) in [6, 6.07) is 0.00215. The Morgan fingerprint density at radius 2 is 2.19 bits per heavy atom. The van der Waals surface area contributed by atoms with Gasteiger partial charge in [0.05, 0.1) is 40.5 Å². The third-order valence-electron chi connectivity index (χ3n) is 5.53. The van der Waals surface area contributed by atoms with Crippen molar-refractivity contribution in [1.82, 2.24) is 24.6 Å². The Bertz CT molecular complexity index is 1350. The number of amides is 1. The first-order valence-electron chi connectivity index (χ1n) is 10.2. The number of aromatic nitrogens is 5. The molecule has 0 bridgehead atoms. The van der Waals surface area contributed by atoms with E-state index in [2.05, 4.69) is 30.8 Å². The molecule has 1 aromatic carbocycles. The van der Waals surface area contributed by atoms with E-state index in [0.29, 0.717) is 39.5 Å². The number of anilines is 2. The Labute approximate surface area is 192 Å². The molecule has 11 heteroatoms. The van der Waals surface area contributed by atoms with Crippen LogP contribution in [-0.4, -0.2) is 42.4 Å². The number of rotatable bonds is 6. The lowest BCUT2D eigenvalue weighted by Crippen LogP contribution is -2.15. The minimum absolute atomic E-state index is 0.00215. The van der Waals surface area contributed by atoms with Crippen molar-refractivity contribution < 1.29 is 9.18 Å². The number of fused-ring (bicyclic) bond motifs is 2. The number of aromatic amines is 1. The van der Waals surface area contributed by atoms with Crippen molar-refractivity contribution in [3.05, 3.63) is 35.6 Å². The van der Waals surface area contributed by atoms with E-state index in [4.69, 9.17) is 23.2 Å². The molecule has 2 unspecified atom stereocenters. The normalized spacial score (nSPS) is 17.9. The number of alkyl halides is 1. The lowest BCUT2D eigenvalue weighted by Gasteiger charge is -2.15. The quantitative estimate of drug-likeness (QED) is 0.351. The van der Waals surface area contributed by atoms with Gasteiger partial charge in [0.25, 0.3) is 0 Å². The Kier molecular flexibility index (Phi) is 5.17. The molecule has 3 N–H and O–H groups in total. The maximum absolute atomic E-state index is 15.2. The molecule has 3 heterocycles. The average molecular weight is 476 g/mol. The fourth-order valence-corrected chi connectivity index (χ4v) is 4.47. The molecule has 1 amide bonds. The number of hydrogen-bond donors (Lipinski definition) is 3. The summed E-state index contributed by atoms with van der Waals surface area (Å²) >= 11 is 12.3. The molecule has 32 heavy (non-hydrogen) atoms. The molecule has 0 radical (unpaired) electrons. The van der Waals surface area contributed by atoms with Crippen molar-refractivity contribution in [2.75, 3.05) is 16.5 Å². The highest BCUT2D eigenvalue weighted by Gasteiger charge is 2.42. The Hall–Kier alpha value is -2.91. The van der Waals surface area contributed by atoms with Crippen LogP contribution < -0.4 is 10.6 Å². The molecule has 3 aromatic heterocycles. The number of nitrogens with one attached hydrogen (secondary N) is 3. The summed E-state index contributed by atoms with van der Waals surface area (Å²) in [4.78, 5) is 21.1. The van der Waals surface area contributed by atoms with Crippen molar-refractivity contribution in [1.29, 1.82) is 0 Å². The lowest BCUT2D eigenvalue weighted by atomic mass is 10.1. The van der Waals surface area contributed by atoms with Crippen LogP contribution in [0.15, 0.2) is 24.8 Å². The molecule has 166 valence electrons. The highest BCUT2D eigenvalue weighted by molar-refractivity contribution is 6.35. The van der Waals surface area contributed by atoms with Gasteiger partial charge in [-0.05, 0) is 26.2 Å². The first-order valence-corrected chi connectivity index (χ1v) is 11.1. The number of H-pyrrole nitrogens is 1. The topological polar surface area (TPSA) is 100 Å². The van der Waals surface area contributed by atoms with Crippen LogP contribution in [0.1, 0.15) is 20.3 Å². The van der Waals surface area contributed by atoms with E-state index in [1.54, 1.807) is 29.2 Å². The zero-order chi connectivity index (χ0) is 22.6. The molecule has 1 saturated carbocycles. The van der Waals surface area contributed by atoms with Crippen LogP contribution in [0.4, 0.5) is 15.9 Å².